The number of nitrogens with zero attached hydrogens (tertiary/aromatic N) is 2. The van der Waals surface area contributed by atoms with Gasteiger partial charge in [0.25, 0.3) is 0 Å². The Bertz CT molecular complexity index is 565. The van der Waals surface area contributed by atoms with Crippen molar-refractivity contribution in [2.45, 2.75) is 13.5 Å². The molecular formula is C13H16N4O3. The first-order valence-electron chi connectivity index (χ1n) is 6.21. The summed E-state index contributed by atoms with van der Waals surface area (Å²) in [6.07, 6.45) is 0. The predicted molar refractivity (Wildman–Crippen MR) is 72.2 cm³/mol. The lowest BCUT2D eigenvalue weighted by molar-refractivity contribution is 0.239. The predicted octanol–water partition coefficient (Wildman–Crippen LogP) is 1.56. The minimum absolute atomic E-state index is 0.189. The molecule has 0 atom stereocenters. The summed E-state index contributed by atoms with van der Waals surface area (Å²) in [5, 5.41) is 9.10. The fourth-order valence-electron chi connectivity index (χ4n) is 1.56. The van der Waals surface area contributed by atoms with E-state index in [1.54, 1.807) is 7.11 Å². The molecule has 7 nitrogen and oxygen atoms in total. The molecule has 1 heterocycles. The van der Waals surface area contributed by atoms with Crippen molar-refractivity contribution in [2.75, 3.05) is 13.7 Å². The minimum Gasteiger partial charge on any atom is -0.497 e. The minimum atomic E-state index is -0.267. The largest absolute Gasteiger partial charge is 0.497 e. The van der Waals surface area contributed by atoms with Crippen molar-refractivity contribution in [2.24, 2.45) is 0 Å². The lowest BCUT2D eigenvalue weighted by Gasteiger charge is -2.01. The Morgan fingerprint density at radius 2 is 2.05 bits per heavy atom. The molecule has 1 aromatic carbocycles. The third-order valence-corrected chi connectivity index (χ3v) is 2.55. The number of amides is 2. The number of aromatic nitrogens is 2. The molecule has 0 aliphatic rings. The summed E-state index contributed by atoms with van der Waals surface area (Å²) < 4.78 is 10.1. The number of nitrogens with one attached hydrogen (secondary N) is 2. The third kappa shape index (κ3) is 3.47. The Labute approximate surface area is 116 Å². The van der Waals surface area contributed by atoms with Gasteiger partial charge in [-0.2, -0.15) is 4.98 Å². The molecule has 7 heteroatoms. The number of hydrogen-bond acceptors (Lipinski definition) is 5. The van der Waals surface area contributed by atoms with E-state index in [1.165, 1.54) is 0 Å². The van der Waals surface area contributed by atoms with Gasteiger partial charge in [-0.25, -0.2) is 4.79 Å². The SMILES string of the molecule is CCNC(=O)NCc1nc(-c2ccc(OC)cc2)no1. The molecule has 1 aromatic heterocycles. The van der Waals surface area contributed by atoms with Crippen molar-refractivity contribution >= 4 is 6.03 Å². The van der Waals surface area contributed by atoms with Crippen LogP contribution in [0.5, 0.6) is 5.75 Å². The van der Waals surface area contributed by atoms with Gasteiger partial charge in [-0.15, -0.1) is 0 Å². The van der Waals surface area contributed by atoms with Crippen LogP contribution in [0.1, 0.15) is 12.8 Å². The Balaban J connectivity index is 1.99. The van der Waals surface area contributed by atoms with E-state index in [2.05, 4.69) is 20.8 Å². The molecule has 0 radical (unpaired) electrons. The number of urea groups is 1. The topological polar surface area (TPSA) is 89.3 Å². The quantitative estimate of drug-likeness (QED) is 0.865. The Morgan fingerprint density at radius 3 is 2.70 bits per heavy atom. The van der Waals surface area contributed by atoms with Crippen LogP contribution in [-0.4, -0.2) is 29.8 Å². The number of rotatable bonds is 5. The van der Waals surface area contributed by atoms with Gasteiger partial charge < -0.3 is 19.9 Å². The van der Waals surface area contributed by atoms with Gasteiger partial charge in [0.2, 0.25) is 11.7 Å². The van der Waals surface area contributed by atoms with Crippen molar-refractivity contribution in [1.82, 2.24) is 20.8 Å². The summed E-state index contributed by atoms with van der Waals surface area (Å²) in [5.41, 5.74) is 0.818. The van der Waals surface area contributed by atoms with E-state index in [0.29, 0.717) is 18.3 Å². The number of ether oxygens (including phenoxy) is 1. The molecule has 0 aliphatic carbocycles. The normalized spacial score (nSPS) is 10.1. The fourth-order valence-corrected chi connectivity index (χ4v) is 1.56. The molecule has 2 aromatic rings. The van der Waals surface area contributed by atoms with Gasteiger partial charge in [-0.05, 0) is 31.2 Å². The van der Waals surface area contributed by atoms with Crippen LogP contribution in [-0.2, 0) is 6.54 Å². The summed E-state index contributed by atoms with van der Waals surface area (Å²) in [6, 6.07) is 7.04. The van der Waals surface area contributed by atoms with Crippen LogP contribution < -0.4 is 15.4 Å². The number of methoxy groups -OCH3 is 1. The van der Waals surface area contributed by atoms with Gasteiger partial charge in [0.15, 0.2) is 0 Å². The molecule has 0 bridgehead atoms. The van der Waals surface area contributed by atoms with Crippen LogP contribution in [0.4, 0.5) is 4.79 Å². The van der Waals surface area contributed by atoms with E-state index in [1.807, 2.05) is 31.2 Å². The third-order valence-electron chi connectivity index (χ3n) is 2.55. The Hall–Kier alpha value is -2.57. The van der Waals surface area contributed by atoms with Crippen molar-refractivity contribution in [3.8, 4) is 17.1 Å². The zero-order valence-electron chi connectivity index (χ0n) is 11.3. The second-order valence-electron chi connectivity index (χ2n) is 3.95. The number of benzene rings is 1. The van der Waals surface area contributed by atoms with Crippen LogP contribution in [0.25, 0.3) is 11.4 Å². The first-order valence-corrected chi connectivity index (χ1v) is 6.21. The fraction of sp³-hybridized carbons (Fsp3) is 0.308. The van der Waals surface area contributed by atoms with Gasteiger partial charge in [-0.1, -0.05) is 5.16 Å². The Morgan fingerprint density at radius 1 is 1.30 bits per heavy atom. The smallest absolute Gasteiger partial charge is 0.315 e. The second kappa shape index (κ2) is 6.55. The molecule has 0 saturated carbocycles. The van der Waals surface area contributed by atoms with E-state index in [-0.39, 0.29) is 12.6 Å². The molecule has 2 amide bonds. The summed E-state index contributed by atoms with van der Waals surface area (Å²) in [4.78, 5) is 15.4. The van der Waals surface area contributed by atoms with Crippen LogP contribution in [0.2, 0.25) is 0 Å². The van der Waals surface area contributed by atoms with Crippen LogP contribution in [0, 0.1) is 0 Å². The maximum Gasteiger partial charge on any atom is 0.315 e. The lowest BCUT2D eigenvalue weighted by Crippen LogP contribution is -2.34. The number of carbonyl (C=O) groups excluding carboxylic acids is 1. The van der Waals surface area contributed by atoms with E-state index in [9.17, 15) is 4.79 Å². The number of hydrogen-bond donors (Lipinski definition) is 2. The van der Waals surface area contributed by atoms with Gasteiger partial charge in [-0.3, -0.25) is 0 Å². The number of carbonyl (C=O) groups is 1. The first kappa shape index (κ1) is 13.9. The van der Waals surface area contributed by atoms with Crippen molar-refractivity contribution in [1.29, 1.82) is 0 Å². The average Bonchev–Trinajstić information content (AvgIpc) is 2.94. The van der Waals surface area contributed by atoms with Crippen molar-refractivity contribution in [3.63, 3.8) is 0 Å². The maximum atomic E-state index is 11.2. The van der Waals surface area contributed by atoms with E-state index >= 15 is 0 Å². The van der Waals surface area contributed by atoms with Gasteiger partial charge in [0.05, 0.1) is 13.7 Å². The van der Waals surface area contributed by atoms with Crippen LogP contribution in [0.15, 0.2) is 28.8 Å². The molecule has 0 unspecified atom stereocenters. The van der Waals surface area contributed by atoms with Gasteiger partial charge in [0.1, 0.15) is 5.75 Å². The summed E-state index contributed by atoms with van der Waals surface area (Å²) in [5.74, 6) is 1.58. The Kier molecular flexibility index (Phi) is 4.54. The van der Waals surface area contributed by atoms with Crippen LogP contribution >= 0.6 is 0 Å². The standard InChI is InChI=1S/C13H16N4O3/c1-3-14-13(18)15-8-11-16-12(17-20-11)9-4-6-10(19-2)7-5-9/h4-7H,3,8H2,1-2H3,(H2,14,15,18). The molecule has 106 valence electrons. The molecule has 0 fully saturated rings. The molecule has 0 aliphatic heterocycles. The zero-order chi connectivity index (χ0) is 14.4. The highest BCUT2D eigenvalue weighted by Gasteiger charge is 2.09. The average molecular weight is 276 g/mol. The molecule has 2 rings (SSSR count). The second-order valence-corrected chi connectivity index (χ2v) is 3.95. The molecule has 20 heavy (non-hydrogen) atoms. The van der Waals surface area contributed by atoms with Gasteiger partial charge >= 0.3 is 6.03 Å². The van der Waals surface area contributed by atoms with Crippen molar-refractivity contribution < 1.29 is 14.1 Å². The highest BCUT2D eigenvalue weighted by molar-refractivity contribution is 5.73. The molecule has 0 spiro atoms. The summed E-state index contributed by atoms with van der Waals surface area (Å²) in [7, 11) is 1.61. The molecule has 0 saturated heterocycles. The van der Waals surface area contributed by atoms with E-state index in [0.717, 1.165) is 11.3 Å². The van der Waals surface area contributed by atoms with Crippen LogP contribution in [0.3, 0.4) is 0 Å². The highest BCUT2D eigenvalue weighted by Crippen LogP contribution is 2.19. The lowest BCUT2D eigenvalue weighted by atomic mass is 10.2. The molecular weight excluding hydrogens is 260 g/mol. The van der Waals surface area contributed by atoms with E-state index in [4.69, 9.17) is 9.26 Å². The zero-order valence-corrected chi connectivity index (χ0v) is 11.3. The maximum absolute atomic E-state index is 11.2. The first-order chi connectivity index (χ1) is 9.72. The molecule has 2 N–H and O–H groups in total. The highest BCUT2D eigenvalue weighted by atomic mass is 16.5. The van der Waals surface area contributed by atoms with Gasteiger partial charge in [0, 0.05) is 12.1 Å². The summed E-state index contributed by atoms with van der Waals surface area (Å²) in [6.45, 7) is 2.59. The van der Waals surface area contributed by atoms with E-state index < -0.39 is 0 Å². The monoisotopic (exact) mass is 276 g/mol. The van der Waals surface area contributed by atoms with Crippen molar-refractivity contribution in [3.05, 3.63) is 30.2 Å². The summed E-state index contributed by atoms with van der Waals surface area (Å²) >= 11 is 0.